The van der Waals surface area contributed by atoms with E-state index in [-0.39, 0.29) is 5.92 Å². The summed E-state index contributed by atoms with van der Waals surface area (Å²) in [6, 6.07) is 0. The molecule has 0 spiro atoms. The molecule has 0 aliphatic carbocycles. The van der Waals surface area contributed by atoms with E-state index in [1.54, 1.807) is 0 Å². The molecule has 0 fully saturated rings. The van der Waals surface area contributed by atoms with Gasteiger partial charge in [-0.1, -0.05) is 101 Å². The van der Waals surface area contributed by atoms with Crippen LogP contribution in [0.3, 0.4) is 0 Å². The molecular weight excluding hydrogens is 344 g/mol. The van der Waals surface area contributed by atoms with Crippen molar-refractivity contribution in [1.29, 1.82) is 0 Å². The summed E-state index contributed by atoms with van der Waals surface area (Å²) >= 11 is 0. The second kappa shape index (κ2) is 21.7. The van der Waals surface area contributed by atoms with Gasteiger partial charge in [0.25, 0.3) is 0 Å². The Morgan fingerprint density at radius 2 is 1.14 bits per heavy atom. The van der Waals surface area contributed by atoms with Crippen LogP contribution in [-0.2, 0) is 4.79 Å². The first-order valence-electron chi connectivity index (χ1n) is 11.5. The lowest BCUT2D eigenvalue weighted by Gasteiger charge is -2.10. The van der Waals surface area contributed by atoms with Gasteiger partial charge < -0.3 is 5.11 Å². The van der Waals surface area contributed by atoms with Crippen molar-refractivity contribution < 1.29 is 9.90 Å². The van der Waals surface area contributed by atoms with Gasteiger partial charge in [0.1, 0.15) is 0 Å². The Kier molecular flexibility index (Phi) is 20.5. The van der Waals surface area contributed by atoms with Gasteiger partial charge in [-0.2, -0.15) is 0 Å². The van der Waals surface area contributed by atoms with Crippen LogP contribution >= 0.6 is 0 Å². The van der Waals surface area contributed by atoms with E-state index in [1.165, 1.54) is 38.5 Å². The summed E-state index contributed by atoms with van der Waals surface area (Å²) < 4.78 is 0. The molecule has 1 N–H and O–H groups in total. The normalized spacial score (nSPS) is 13.5. The van der Waals surface area contributed by atoms with E-state index in [9.17, 15) is 9.90 Å². The molecule has 0 bridgehead atoms. The first kappa shape index (κ1) is 26.4. The Hall–Kier alpha value is -1.57. The lowest BCUT2D eigenvalue weighted by atomic mass is 9.96. The molecule has 0 saturated carbocycles. The number of carboxylic acids is 1. The van der Waals surface area contributed by atoms with Gasteiger partial charge in [0.15, 0.2) is 0 Å². The van der Waals surface area contributed by atoms with E-state index < -0.39 is 5.97 Å². The minimum atomic E-state index is -0.632. The van der Waals surface area contributed by atoms with Crippen molar-refractivity contribution in [2.75, 3.05) is 0 Å². The highest BCUT2D eigenvalue weighted by molar-refractivity contribution is 5.69. The first-order chi connectivity index (χ1) is 13.7. The Bertz CT molecular complexity index is 457. The van der Waals surface area contributed by atoms with E-state index in [2.05, 4.69) is 62.5 Å². The van der Waals surface area contributed by atoms with Crippen LogP contribution in [0.5, 0.6) is 0 Å². The van der Waals surface area contributed by atoms with Gasteiger partial charge in [0.05, 0.1) is 5.92 Å². The monoisotopic (exact) mass is 388 g/mol. The highest BCUT2D eigenvalue weighted by Crippen LogP contribution is 2.17. The number of carboxylic acid groups (broad SMARTS) is 1. The molecule has 0 aromatic rings. The van der Waals surface area contributed by atoms with Gasteiger partial charge in [-0.05, 0) is 51.4 Å². The minimum Gasteiger partial charge on any atom is -0.481 e. The number of carbonyl (C=O) groups is 1. The fourth-order valence-electron chi connectivity index (χ4n) is 3.07. The highest BCUT2D eigenvalue weighted by atomic mass is 16.4. The largest absolute Gasteiger partial charge is 0.481 e. The quantitative estimate of drug-likeness (QED) is 0.178. The van der Waals surface area contributed by atoms with Crippen LogP contribution in [0.1, 0.15) is 104 Å². The maximum absolute atomic E-state index is 11.3. The van der Waals surface area contributed by atoms with E-state index in [0.29, 0.717) is 0 Å². The molecule has 0 rings (SSSR count). The van der Waals surface area contributed by atoms with E-state index in [0.717, 1.165) is 51.4 Å². The van der Waals surface area contributed by atoms with Crippen LogP contribution in [0.2, 0.25) is 0 Å². The van der Waals surface area contributed by atoms with Crippen molar-refractivity contribution in [3.8, 4) is 0 Å². The molecule has 0 aliphatic heterocycles. The molecule has 0 aromatic heterocycles. The molecule has 2 nitrogen and oxygen atoms in total. The van der Waals surface area contributed by atoms with Gasteiger partial charge >= 0.3 is 5.97 Å². The van der Waals surface area contributed by atoms with Crippen molar-refractivity contribution in [2.24, 2.45) is 5.92 Å². The smallest absolute Gasteiger partial charge is 0.306 e. The maximum Gasteiger partial charge on any atom is 0.306 e. The van der Waals surface area contributed by atoms with Gasteiger partial charge in [0.2, 0.25) is 0 Å². The fraction of sp³-hybridized carbons (Fsp3) is 0.654. The number of rotatable bonds is 19. The Balaban J connectivity index is 3.70. The molecule has 0 radical (unpaired) electrons. The second-order valence-corrected chi connectivity index (χ2v) is 7.55. The average molecular weight is 389 g/mol. The third-order valence-corrected chi connectivity index (χ3v) is 4.89. The topological polar surface area (TPSA) is 37.3 Å². The molecule has 0 aromatic carbocycles. The second-order valence-electron chi connectivity index (χ2n) is 7.55. The van der Waals surface area contributed by atoms with E-state index in [1.807, 2.05) is 0 Å². The zero-order valence-electron chi connectivity index (χ0n) is 18.5. The van der Waals surface area contributed by atoms with Crippen LogP contribution < -0.4 is 0 Å². The average Bonchev–Trinajstić information content (AvgIpc) is 2.69. The standard InChI is InChI=1S/C26H44O2/c1-3-5-7-9-10-11-12-13-14-15-16-17-18-19-20-22-24-25(26(27)28)23-21-8-6-4-2/h10-11,13-14,16-17,19-20,25H,3-9,12,15,18,21-24H2,1-2H3,(H,27,28)/b11-10-,14-13-,17-16-,20-19-. The van der Waals surface area contributed by atoms with Crippen molar-refractivity contribution >= 4 is 5.97 Å². The van der Waals surface area contributed by atoms with Gasteiger partial charge in [-0.3, -0.25) is 4.79 Å². The minimum absolute atomic E-state index is 0.178. The lowest BCUT2D eigenvalue weighted by molar-refractivity contribution is -0.142. The number of hydrogen-bond acceptors (Lipinski definition) is 1. The predicted octanol–water partition coefficient (Wildman–Crippen LogP) is 8.41. The molecule has 0 amide bonds. The van der Waals surface area contributed by atoms with Gasteiger partial charge in [-0.15, -0.1) is 0 Å². The summed E-state index contributed by atoms with van der Waals surface area (Å²) in [5, 5.41) is 9.31. The highest BCUT2D eigenvalue weighted by Gasteiger charge is 2.15. The van der Waals surface area contributed by atoms with Crippen molar-refractivity contribution in [3.05, 3.63) is 48.6 Å². The predicted molar refractivity (Wildman–Crippen MR) is 124 cm³/mol. The Labute approximate surface area is 174 Å². The molecule has 1 atom stereocenters. The Morgan fingerprint density at radius 1 is 0.643 bits per heavy atom. The number of unbranched alkanes of at least 4 members (excludes halogenated alkanes) is 6. The molecule has 28 heavy (non-hydrogen) atoms. The van der Waals surface area contributed by atoms with Crippen LogP contribution in [-0.4, -0.2) is 11.1 Å². The van der Waals surface area contributed by atoms with Gasteiger partial charge in [0, 0.05) is 0 Å². The summed E-state index contributed by atoms with van der Waals surface area (Å²) in [6.07, 6.45) is 32.8. The number of hydrogen-bond donors (Lipinski definition) is 1. The molecule has 0 heterocycles. The molecule has 0 aliphatic rings. The van der Waals surface area contributed by atoms with Crippen LogP contribution in [0.25, 0.3) is 0 Å². The number of allylic oxidation sites excluding steroid dienone is 8. The van der Waals surface area contributed by atoms with Crippen molar-refractivity contribution in [2.45, 2.75) is 104 Å². The summed E-state index contributed by atoms with van der Waals surface area (Å²) in [7, 11) is 0. The molecule has 2 heteroatoms. The summed E-state index contributed by atoms with van der Waals surface area (Å²) in [5.74, 6) is -0.810. The SMILES string of the molecule is CCCCC/C=C\C/C=C\C/C=C\C/C=C\CCC(CCCCCC)C(=O)O. The summed E-state index contributed by atoms with van der Waals surface area (Å²) in [4.78, 5) is 11.3. The van der Waals surface area contributed by atoms with Crippen LogP contribution in [0.4, 0.5) is 0 Å². The Morgan fingerprint density at radius 3 is 1.68 bits per heavy atom. The first-order valence-corrected chi connectivity index (χ1v) is 11.5. The van der Waals surface area contributed by atoms with Gasteiger partial charge in [-0.25, -0.2) is 0 Å². The molecule has 1 unspecified atom stereocenters. The molecular formula is C26H44O2. The van der Waals surface area contributed by atoms with E-state index >= 15 is 0 Å². The summed E-state index contributed by atoms with van der Waals surface area (Å²) in [5.41, 5.74) is 0. The third-order valence-electron chi connectivity index (χ3n) is 4.89. The maximum atomic E-state index is 11.3. The zero-order chi connectivity index (χ0) is 20.7. The van der Waals surface area contributed by atoms with Crippen LogP contribution in [0.15, 0.2) is 48.6 Å². The fourth-order valence-corrected chi connectivity index (χ4v) is 3.07. The molecule has 160 valence electrons. The van der Waals surface area contributed by atoms with Crippen LogP contribution in [0, 0.1) is 5.92 Å². The number of aliphatic carboxylic acids is 1. The van der Waals surface area contributed by atoms with Crippen molar-refractivity contribution in [1.82, 2.24) is 0 Å². The molecule has 0 saturated heterocycles. The summed E-state index contributed by atoms with van der Waals surface area (Å²) in [6.45, 7) is 4.42. The zero-order valence-corrected chi connectivity index (χ0v) is 18.5. The van der Waals surface area contributed by atoms with Crippen molar-refractivity contribution in [3.63, 3.8) is 0 Å². The van der Waals surface area contributed by atoms with E-state index in [4.69, 9.17) is 0 Å². The third kappa shape index (κ3) is 19.2. The lowest BCUT2D eigenvalue weighted by Crippen LogP contribution is -2.13.